The average Bonchev–Trinajstić information content (AvgIpc) is 2.88. The SMILES string of the molecule is Nc1nc(=O)n(CCCOc2ccccc2)cc1-c1ccc(NC(=O)Nc2ccc(S(=O)(=O)F)cc2)cc1. The van der Waals surface area contributed by atoms with Crippen LogP contribution < -0.4 is 26.8 Å². The highest BCUT2D eigenvalue weighted by Gasteiger charge is 2.12. The van der Waals surface area contributed by atoms with Crippen LogP contribution in [0.2, 0.25) is 0 Å². The van der Waals surface area contributed by atoms with Crippen LogP contribution in [0, 0.1) is 0 Å². The van der Waals surface area contributed by atoms with E-state index in [2.05, 4.69) is 15.6 Å². The number of para-hydroxylation sites is 1. The van der Waals surface area contributed by atoms with Crippen molar-refractivity contribution in [3.05, 3.63) is 95.5 Å². The third-order valence-corrected chi connectivity index (χ3v) is 6.26. The molecule has 0 aliphatic carbocycles. The Bertz CT molecular complexity index is 1580. The summed E-state index contributed by atoms with van der Waals surface area (Å²) in [7, 11) is -4.81. The zero-order valence-corrected chi connectivity index (χ0v) is 20.8. The summed E-state index contributed by atoms with van der Waals surface area (Å²) < 4.78 is 41.9. The molecule has 38 heavy (non-hydrogen) atoms. The third-order valence-electron chi connectivity index (χ3n) is 5.43. The van der Waals surface area contributed by atoms with Crippen LogP contribution in [0.5, 0.6) is 5.75 Å². The fourth-order valence-corrected chi connectivity index (χ4v) is 4.02. The molecule has 0 aliphatic heterocycles. The second kappa shape index (κ2) is 11.6. The number of nitrogens with two attached hydrogens (primary N) is 1. The van der Waals surface area contributed by atoms with E-state index >= 15 is 0 Å². The van der Waals surface area contributed by atoms with E-state index in [-0.39, 0.29) is 11.5 Å². The van der Waals surface area contributed by atoms with Gasteiger partial charge in [0.05, 0.1) is 11.5 Å². The van der Waals surface area contributed by atoms with Crippen molar-refractivity contribution in [2.45, 2.75) is 17.9 Å². The average molecular weight is 538 g/mol. The van der Waals surface area contributed by atoms with Crippen LogP contribution in [-0.4, -0.2) is 30.6 Å². The highest BCUT2D eigenvalue weighted by molar-refractivity contribution is 7.86. The molecule has 0 spiro atoms. The summed E-state index contributed by atoms with van der Waals surface area (Å²) in [5, 5.41) is 5.17. The van der Waals surface area contributed by atoms with Gasteiger partial charge in [-0.1, -0.05) is 30.3 Å². The number of aryl methyl sites for hydroxylation is 1. The molecule has 4 rings (SSSR count). The molecule has 0 fully saturated rings. The molecule has 0 unspecified atom stereocenters. The Hall–Kier alpha value is -4.71. The number of carbonyl (C=O) groups excluding carboxylic acids is 1. The van der Waals surface area contributed by atoms with Crippen molar-refractivity contribution < 1.29 is 21.8 Å². The summed E-state index contributed by atoms with van der Waals surface area (Å²) in [5.74, 6) is 0.840. The quantitative estimate of drug-likeness (QED) is 0.214. The van der Waals surface area contributed by atoms with E-state index in [0.29, 0.717) is 36.4 Å². The Kier molecular flexibility index (Phi) is 8.02. The fraction of sp³-hybridized carbons (Fsp3) is 0.115. The first-order valence-corrected chi connectivity index (χ1v) is 12.9. The minimum atomic E-state index is -4.81. The number of urea groups is 1. The van der Waals surface area contributed by atoms with Crippen LogP contribution in [0.1, 0.15) is 6.42 Å². The summed E-state index contributed by atoms with van der Waals surface area (Å²) in [6, 6.07) is 20.2. The summed E-state index contributed by atoms with van der Waals surface area (Å²) >= 11 is 0. The Labute approximate surface area is 218 Å². The number of aromatic nitrogens is 2. The molecule has 0 atom stereocenters. The second-order valence-corrected chi connectivity index (χ2v) is 9.50. The number of hydrogen-bond acceptors (Lipinski definition) is 7. The molecule has 0 bridgehead atoms. The van der Waals surface area contributed by atoms with Crippen molar-refractivity contribution in [1.82, 2.24) is 9.55 Å². The smallest absolute Gasteiger partial charge is 0.349 e. The number of halogens is 1. The second-order valence-electron chi connectivity index (χ2n) is 8.15. The molecule has 1 heterocycles. The summed E-state index contributed by atoms with van der Waals surface area (Å²) in [6.07, 6.45) is 2.23. The van der Waals surface area contributed by atoms with Crippen LogP contribution in [0.25, 0.3) is 11.1 Å². The van der Waals surface area contributed by atoms with Crippen LogP contribution >= 0.6 is 0 Å². The highest BCUT2D eigenvalue weighted by Crippen LogP contribution is 2.25. The number of rotatable bonds is 9. The number of amides is 2. The van der Waals surface area contributed by atoms with E-state index in [0.717, 1.165) is 17.9 Å². The van der Waals surface area contributed by atoms with Crippen LogP contribution in [-0.2, 0) is 16.8 Å². The van der Waals surface area contributed by atoms with E-state index in [4.69, 9.17) is 10.5 Å². The molecule has 1 aromatic heterocycles. The van der Waals surface area contributed by atoms with E-state index in [1.54, 1.807) is 30.5 Å². The summed E-state index contributed by atoms with van der Waals surface area (Å²) in [4.78, 5) is 28.0. The van der Waals surface area contributed by atoms with Crippen LogP contribution in [0.3, 0.4) is 0 Å². The maximum atomic E-state index is 13.0. The predicted molar refractivity (Wildman–Crippen MR) is 142 cm³/mol. The third kappa shape index (κ3) is 6.95. The lowest BCUT2D eigenvalue weighted by atomic mass is 10.1. The highest BCUT2D eigenvalue weighted by atomic mass is 32.3. The molecule has 4 aromatic rings. The number of benzene rings is 3. The monoisotopic (exact) mass is 537 g/mol. The minimum absolute atomic E-state index is 0.0870. The zero-order valence-electron chi connectivity index (χ0n) is 20.0. The molecule has 10 nitrogen and oxygen atoms in total. The lowest BCUT2D eigenvalue weighted by Crippen LogP contribution is -2.25. The van der Waals surface area contributed by atoms with E-state index in [9.17, 15) is 21.9 Å². The fourth-order valence-electron chi connectivity index (χ4n) is 3.56. The molecular weight excluding hydrogens is 513 g/mol. The summed E-state index contributed by atoms with van der Waals surface area (Å²) in [5.41, 5.74) is 7.54. The number of ether oxygens (including phenoxy) is 1. The Balaban J connectivity index is 1.37. The van der Waals surface area contributed by atoms with Gasteiger partial charge < -0.3 is 21.1 Å². The standard InChI is InChI=1S/C26H24FN5O5S/c27-38(35,36)22-13-11-20(12-14-22)30-25(33)29-19-9-7-18(8-10-19)23-17-32(26(34)31-24(23)28)15-4-16-37-21-5-2-1-3-6-21/h1-3,5-14,17H,4,15-16H2,(H2,28,31,34)(H2,29,30,33). The molecule has 4 N–H and O–H groups in total. The largest absolute Gasteiger partial charge is 0.494 e. The van der Waals surface area contributed by atoms with Gasteiger partial charge in [0, 0.05) is 29.7 Å². The molecule has 0 saturated heterocycles. The van der Waals surface area contributed by atoms with Gasteiger partial charge in [-0.15, -0.1) is 3.89 Å². The van der Waals surface area contributed by atoms with Crippen molar-refractivity contribution in [1.29, 1.82) is 0 Å². The van der Waals surface area contributed by atoms with Gasteiger partial charge in [-0.3, -0.25) is 4.57 Å². The van der Waals surface area contributed by atoms with Gasteiger partial charge in [0.2, 0.25) is 0 Å². The molecule has 2 amide bonds. The van der Waals surface area contributed by atoms with Gasteiger partial charge in [-0.25, -0.2) is 9.59 Å². The normalized spacial score (nSPS) is 11.1. The van der Waals surface area contributed by atoms with E-state index in [1.165, 1.54) is 16.7 Å². The molecule has 0 radical (unpaired) electrons. The topological polar surface area (TPSA) is 145 Å². The first-order valence-electron chi connectivity index (χ1n) is 11.5. The van der Waals surface area contributed by atoms with E-state index < -0.39 is 26.8 Å². The van der Waals surface area contributed by atoms with Crippen molar-refractivity contribution >= 4 is 33.4 Å². The van der Waals surface area contributed by atoms with Gasteiger partial charge >= 0.3 is 21.9 Å². The molecule has 12 heteroatoms. The number of hydrogen-bond donors (Lipinski definition) is 3. The first kappa shape index (κ1) is 26.4. The molecule has 196 valence electrons. The van der Waals surface area contributed by atoms with Crippen molar-refractivity contribution in [2.24, 2.45) is 0 Å². The number of anilines is 3. The number of carbonyl (C=O) groups is 1. The molecule has 3 aromatic carbocycles. The Morgan fingerprint density at radius 1 is 0.947 bits per heavy atom. The van der Waals surface area contributed by atoms with Crippen LogP contribution in [0.4, 0.5) is 25.9 Å². The minimum Gasteiger partial charge on any atom is -0.494 e. The number of nitrogen functional groups attached to an aromatic ring is 1. The number of nitrogens with zero attached hydrogens (tertiary/aromatic N) is 2. The van der Waals surface area contributed by atoms with Gasteiger partial charge in [-0.05, 0) is 60.5 Å². The van der Waals surface area contributed by atoms with Gasteiger partial charge in [0.15, 0.2) is 0 Å². The number of nitrogens with one attached hydrogen (secondary N) is 2. The van der Waals surface area contributed by atoms with Gasteiger partial charge in [0.25, 0.3) is 0 Å². The Morgan fingerprint density at radius 3 is 2.16 bits per heavy atom. The van der Waals surface area contributed by atoms with Crippen LogP contribution in [0.15, 0.2) is 94.7 Å². The van der Waals surface area contributed by atoms with Gasteiger partial charge in [0.1, 0.15) is 11.6 Å². The molecule has 0 saturated carbocycles. The Morgan fingerprint density at radius 2 is 1.55 bits per heavy atom. The van der Waals surface area contributed by atoms with Gasteiger partial charge in [-0.2, -0.15) is 13.4 Å². The predicted octanol–water partition coefficient (Wildman–Crippen LogP) is 4.26. The van der Waals surface area contributed by atoms with Crippen molar-refractivity contribution in [3.8, 4) is 16.9 Å². The maximum absolute atomic E-state index is 13.0. The zero-order chi connectivity index (χ0) is 27.1. The summed E-state index contributed by atoms with van der Waals surface area (Å²) in [6.45, 7) is 0.821. The maximum Gasteiger partial charge on any atom is 0.349 e. The van der Waals surface area contributed by atoms with E-state index in [1.807, 2.05) is 30.3 Å². The lowest BCUT2D eigenvalue weighted by molar-refractivity contribution is 0.262. The molecular formula is C26H24FN5O5S. The van der Waals surface area contributed by atoms with Crippen molar-refractivity contribution in [3.63, 3.8) is 0 Å². The first-order chi connectivity index (χ1) is 18.2. The lowest BCUT2D eigenvalue weighted by Gasteiger charge is -2.12. The molecule has 0 aliphatic rings. The van der Waals surface area contributed by atoms with Crippen molar-refractivity contribution in [2.75, 3.05) is 23.0 Å².